The lowest BCUT2D eigenvalue weighted by molar-refractivity contribution is -0.137. The van der Waals surface area contributed by atoms with E-state index in [0.717, 1.165) is 0 Å². The van der Waals surface area contributed by atoms with Gasteiger partial charge in [-0.3, -0.25) is 38.4 Å². The normalized spacial score (nSPS) is 16.9. The van der Waals surface area contributed by atoms with Crippen molar-refractivity contribution in [2.24, 2.45) is 52.3 Å². The van der Waals surface area contributed by atoms with Crippen molar-refractivity contribution in [1.29, 1.82) is 0 Å². The van der Waals surface area contributed by atoms with E-state index in [2.05, 4.69) is 37.2 Å². The fraction of sp³-hybridized carbons (Fsp3) is 0.822. The molecule has 0 rings (SSSR count). The van der Waals surface area contributed by atoms with Crippen LogP contribution >= 0.6 is 0 Å². The highest BCUT2D eigenvalue weighted by Gasteiger charge is 2.37. The number of unbranched alkanes of at least 4 members (excludes halogenated alkanes) is 3. The first-order chi connectivity index (χ1) is 30.7. The topological polar surface area (TPSA) is 351 Å². The van der Waals surface area contributed by atoms with Crippen LogP contribution in [-0.2, 0) is 38.4 Å². The van der Waals surface area contributed by atoms with Gasteiger partial charge in [-0.1, -0.05) is 81.1 Å². The largest absolute Gasteiger partial charge is 0.368 e. The zero-order valence-corrected chi connectivity index (χ0v) is 40.9. The van der Waals surface area contributed by atoms with Gasteiger partial charge in [0.25, 0.3) is 0 Å². The van der Waals surface area contributed by atoms with Crippen molar-refractivity contribution in [3.63, 3.8) is 0 Å². The second kappa shape index (κ2) is 33.1. The lowest BCUT2D eigenvalue weighted by Crippen LogP contribution is -2.62. The molecule has 0 heterocycles. The first kappa shape index (κ1) is 60.6. The summed E-state index contributed by atoms with van der Waals surface area (Å²) < 4.78 is 0. The van der Waals surface area contributed by atoms with Gasteiger partial charge in [-0.05, 0) is 108 Å². The minimum absolute atomic E-state index is 0.117. The zero-order chi connectivity index (χ0) is 49.8. The van der Waals surface area contributed by atoms with E-state index in [9.17, 15) is 38.4 Å². The Morgan fingerprint density at radius 2 is 0.692 bits per heavy atom. The Kier molecular flexibility index (Phi) is 30.9. The summed E-state index contributed by atoms with van der Waals surface area (Å²) in [5, 5.41) is 19.3. The number of nitrogens with one attached hydrogen (secondary N) is 7. The molecular formula is C45H88N12O8. The quantitative estimate of drug-likeness (QED) is 0.0368. The molecule has 0 aliphatic rings. The summed E-state index contributed by atoms with van der Waals surface area (Å²) in [5.74, 6) is -6.29. The van der Waals surface area contributed by atoms with E-state index < -0.39 is 102 Å². The number of nitrogens with two attached hydrogens (primary N) is 5. The summed E-state index contributed by atoms with van der Waals surface area (Å²) in [5.41, 5.74) is 28.8. The molecule has 20 nitrogen and oxygen atoms in total. The second-order valence-electron chi connectivity index (χ2n) is 17.7. The first-order valence-corrected chi connectivity index (χ1v) is 24.0. The third kappa shape index (κ3) is 22.1. The molecule has 0 aromatic rings. The zero-order valence-electron chi connectivity index (χ0n) is 40.9. The SMILES string of the molecule is CC[C@H](C)[C@H](N)C(=O)N[C@@H](C)C(=O)N[C@H](C(=O)N[C@@H](CCCCN)C(=O)N[C@H](C(=O)N[C@@H](CCCCN)C(=O)N[C@H](C(=O)N[C@@H](CCCCN)C(N)=O)[C@@H](C)CC)[C@@H](C)CC)[C@@H](C)CC. The molecule has 0 saturated heterocycles. The molecule has 0 fully saturated rings. The molecular weight excluding hydrogens is 837 g/mol. The van der Waals surface area contributed by atoms with Gasteiger partial charge in [0.1, 0.15) is 42.3 Å². The van der Waals surface area contributed by atoms with Crippen molar-refractivity contribution in [3.8, 4) is 0 Å². The number of rotatable bonds is 35. The van der Waals surface area contributed by atoms with E-state index in [0.29, 0.717) is 83.8 Å². The highest BCUT2D eigenvalue weighted by molar-refractivity contribution is 5.97. The third-order valence-corrected chi connectivity index (χ3v) is 12.5. The standard InChI is InChI=1S/C45H88N12O8/c1-10-26(5)34(49)42(62)51-30(9)39(59)55-35(27(6)11-2)44(64)53-32(21-15-18-24-47)41(61)57-37(29(8)13-4)45(65)54-33(22-16-19-25-48)40(60)56-36(28(7)12-3)43(63)52-31(38(50)58)20-14-17-23-46/h26-37H,10-25,46-49H2,1-9H3,(H2,50,58)(H,51,62)(H,52,63)(H,53,64)(H,54,65)(H,55,59)(H,56,60)(H,57,61)/t26-,27-,28-,29-,30-,31-,32-,33-,34-,35-,36-,37-/m0/s1. The Labute approximate surface area is 388 Å². The van der Waals surface area contributed by atoms with Crippen LogP contribution in [0.4, 0.5) is 0 Å². The Hall–Kier alpha value is -4.40. The van der Waals surface area contributed by atoms with Gasteiger partial charge < -0.3 is 65.9 Å². The molecule has 0 aromatic carbocycles. The Bertz CT molecular complexity index is 1490. The molecule has 0 aromatic heterocycles. The van der Waals surface area contributed by atoms with Crippen molar-refractivity contribution in [2.45, 2.75) is 194 Å². The van der Waals surface area contributed by atoms with Gasteiger partial charge in [0, 0.05) is 0 Å². The molecule has 8 amide bonds. The predicted molar refractivity (Wildman–Crippen MR) is 253 cm³/mol. The van der Waals surface area contributed by atoms with Crippen LogP contribution in [0.1, 0.15) is 146 Å². The van der Waals surface area contributed by atoms with Gasteiger partial charge >= 0.3 is 0 Å². The molecule has 65 heavy (non-hydrogen) atoms. The molecule has 0 saturated carbocycles. The average Bonchev–Trinajstić information content (AvgIpc) is 3.28. The van der Waals surface area contributed by atoms with Crippen LogP contribution in [0, 0.1) is 23.7 Å². The monoisotopic (exact) mass is 925 g/mol. The summed E-state index contributed by atoms with van der Waals surface area (Å²) in [7, 11) is 0. The first-order valence-electron chi connectivity index (χ1n) is 24.0. The van der Waals surface area contributed by atoms with Crippen LogP contribution in [0.15, 0.2) is 0 Å². The number of amides is 8. The van der Waals surface area contributed by atoms with Crippen LogP contribution in [0.3, 0.4) is 0 Å². The molecule has 0 unspecified atom stereocenters. The van der Waals surface area contributed by atoms with E-state index in [1.807, 2.05) is 34.6 Å². The van der Waals surface area contributed by atoms with Crippen molar-refractivity contribution >= 4 is 47.3 Å². The number of hydrogen-bond donors (Lipinski definition) is 12. The van der Waals surface area contributed by atoms with Gasteiger partial charge in [-0.2, -0.15) is 0 Å². The van der Waals surface area contributed by atoms with E-state index >= 15 is 0 Å². The van der Waals surface area contributed by atoms with E-state index in [-0.39, 0.29) is 37.0 Å². The molecule has 12 atom stereocenters. The fourth-order valence-electron chi connectivity index (χ4n) is 6.87. The third-order valence-electron chi connectivity index (χ3n) is 12.5. The summed E-state index contributed by atoms with van der Waals surface area (Å²) in [4.78, 5) is 108. The van der Waals surface area contributed by atoms with Crippen LogP contribution in [0.25, 0.3) is 0 Å². The molecule has 0 aliphatic heterocycles. The summed E-state index contributed by atoms with van der Waals surface area (Å²) in [6.07, 6.45) is 5.91. The molecule has 0 aliphatic carbocycles. The van der Waals surface area contributed by atoms with Crippen LogP contribution in [0.2, 0.25) is 0 Å². The lowest BCUT2D eigenvalue weighted by atomic mass is 9.95. The molecule has 376 valence electrons. The molecule has 0 bridgehead atoms. The molecule has 17 N–H and O–H groups in total. The fourth-order valence-corrected chi connectivity index (χ4v) is 6.87. The summed E-state index contributed by atoms with van der Waals surface area (Å²) >= 11 is 0. The Balaban J connectivity index is 6.53. The molecule has 0 radical (unpaired) electrons. The predicted octanol–water partition coefficient (Wildman–Crippen LogP) is -0.216. The van der Waals surface area contributed by atoms with Gasteiger partial charge in [-0.15, -0.1) is 0 Å². The van der Waals surface area contributed by atoms with Gasteiger partial charge in [0.15, 0.2) is 0 Å². The maximum Gasteiger partial charge on any atom is 0.243 e. The average molecular weight is 925 g/mol. The summed E-state index contributed by atoms with van der Waals surface area (Å²) in [6, 6.07) is -8.38. The number of carbonyl (C=O) groups excluding carboxylic acids is 8. The summed E-state index contributed by atoms with van der Waals surface area (Å²) in [6.45, 7) is 17.2. The van der Waals surface area contributed by atoms with E-state index in [1.54, 1.807) is 20.8 Å². The van der Waals surface area contributed by atoms with Crippen LogP contribution < -0.4 is 65.9 Å². The smallest absolute Gasteiger partial charge is 0.243 e. The second-order valence-corrected chi connectivity index (χ2v) is 17.7. The lowest BCUT2D eigenvalue weighted by Gasteiger charge is -2.31. The minimum atomic E-state index is -1.15. The number of primary amides is 1. The maximum atomic E-state index is 14.2. The molecule has 0 spiro atoms. The van der Waals surface area contributed by atoms with E-state index in [4.69, 9.17) is 28.7 Å². The van der Waals surface area contributed by atoms with Gasteiger partial charge in [0.05, 0.1) is 6.04 Å². The Morgan fingerprint density at radius 1 is 0.385 bits per heavy atom. The Morgan fingerprint density at radius 3 is 1.00 bits per heavy atom. The number of hydrogen-bond acceptors (Lipinski definition) is 12. The van der Waals surface area contributed by atoms with Crippen LogP contribution in [-0.4, -0.2) is 115 Å². The van der Waals surface area contributed by atoms with Crippen LogP contribution in [0.5, 0.6) is 0 Å². The minimum Gasteiger partial charge on any atom is -0.368 e. The van der Waals surface area contributed by atoms with Gasteiger partial charge in [0.2, 0.25) is 47.3 Å². The van der Waals surface area contributed by atoms with E-state index in [1.165, 1.54) is 6.92 Å². The number of carbonyl (C=O) groups is 8. The van der Waals surface area contributed by atoms with Crippen molar-refractivity contribution < 1.29 is 38.4 Å². The van der Waals surface area contributed by atoms with Crippen molar-refractivity contribution in [3.05, 3.63) is 0 Å². The molecule has 20 heteroatoms. The maximum absolute atomic E-state index is 14.2. The van der Waals surface area contributed by atoms with Crippen molar-refractivity contribution in [2.75, 3.05) is 19.6 Å². The van der Waals surface area contributed by atoms with Crippen molar-refractivity contribution in [1.82, 2.24) is 37.2 Å². The van der Waals surface area contributed by atoms with Gasteiger partial charge in [-0.25, -0.2) is 0 Å². The highest BCUT2D eigenvalue weighted by Crippen LogP contribution is 2.15. The highest BCUT2D eigenvalue weighted by atomic mass is 16.2.